The van der Waals surface area contributed by atoms with Crippen molar-refractivity contribution in [2.45, 2.75) is 32.1 Å². The van der Waals surface area contributed by atoms with Gasteiger partial charge < -0.3 is 10.7 Å². The molecule has 2 N–H and O–H groups in total. The number of hydrogen-bond donors (Lipinski definition) is 2. The number of hydrogen-bond acceptors (Lipinski definition) is 4. The van der Waals surface area contributed by atoms with Gasteiger partial charge in [-0.25, -0.2) is 18.2 Å². The predicted molar refractivity (Wildman–Crippen MR) is 120 cm³/mol. The van der Waals surface area contributed by atoms with Crippen LogP contribution < -0.4 is 5.32 Å². The van der Waals surface area contributed by atoms with Crippen LogP contribution in [0.2, 0.25) is 0 Å². The van der Waals surface area contributed by atoms with Crippen LogP contribution in [-0.2, 0) is 0 Å². The Morgan fingerprint density at radius 2 is 1.82 bits per heavy atom. The first-order chi connectivity index (χ1) is 15.9. The fraction of sp³-hybridized carbons (Fsp3) is 0.280. The normalized spacial score (nSPS) is 20.3. The van der Waals surface area contributed by atoms with Crippen molar-refractivity contribution in [3.05, 3.63) is 77.5 Å². The van der Waals surface area contributed by atoms with E-state index in [1.807, 2.05) is 6.07 Å². The van der Waals surface area contributed by atoms with Gasteiger partial charge in [0.2, 0.25) is 0 Å². The van der Waals surface area contributed by atoms with E-state index in [0.29, 0.717) is 11.6 Å². The number of benzene rings is 1. The first-order valence-electron chi connectivity index (χ1n) is 10.7. The number of amides is 1. The maximum atomic E-state index is 14.4. The van der Waals surface area contributed by atoms with E-state index in [9.17, 15) is 18.0 Å². The second kappa shape index (κ2) is 9.52. The summed E-state index contributed by atoms with van der Waals surface area (Å²) in [4.78, 5) is 21.0. The van der Waals surface area contributed by atoms with Gasteiger partial charge in [0, 0.05) is 6.20 Å². The van der Waals surface area contributed by atoms with Crippen LogP contribution in [0.5, 0.6) is 0 Å². The summed E-state index contributed by atoms with van der Waals surface area (Å²) >= 11 is 0. The molecule has 0 radical (unpaired) electrons. The van der Waals surface area contributed by atoms with E-state index in [1.54, 1.807) is 6.20 Å². The number of nitrogens with one attached hydrogen (secondary N) is 2. The lowest BCUT2D eigenvalue weighted by Crippen LogP contribution is -2.23. The van der Waals surface area contributed by atoms with Crippen molar-refractivity contribution in [3.8, 4) is 11.3 Å². The monoisotopic (exact) mass is 452 g/mol. The fourth-order valence-corrected chi connectivity index (χ4v) is 4.57. The number of carbonyl (C=O) groups excluding carboxylic acids is 1. The predicted octanol–water partition coefficient (Wildman–Crippen LogP) is 5.98. The van der Waals surface area contributed by atoms with Gasteiger partial charge in [0.15, 0.2) is 0 Å². The van der Waals surface area contributed by atoms with E-state index in [1.165, 1.54) is 18.5 Å². The molecule has 170 valence electrons. The summed E-state index contributed by atoms with van der Waals surface area (Å²) in [6.07, 6.45) is 7.34. The highest BCUT2D eigenvalue weighted by atomic mass is 19.1. The zero-order valence-corrected chi connectivity index (χ0v) is 18.0. The first-order valence-corrected chi connectivity index (χ1v) is 10.7. The highest BCUT2D eigenvalue weighted by Crippen LogP contribution is 2.41. The van der Waals surface area contributed by atoms with Crippen LogP contribution in [0.4, 0.5) is 18.9 Å². The summed E-state index contributed by atoms with van der Waals surface area (Å²) in [5.74, 6) is -2.78. The van der Waals surface area contributed by atoms with Gasteiger partial charge in [-0.05, 0) is 79.1 Å². The minimum absolute atomic E-state index is 0.142. The molecule has 3 aromatic rings. The van der Waals surface area contributed by atoms with Gasteiger partial charge in [0.25, 0.3) is 5.91 Å². The van der Waals surface area contributed by atoms with Gasteiger partial charge in [-0.3, -0.25) is 9.78 Å². The highest BCUT2D eigenvalue weighted by Gasteiger charge is 2.28. The van der Waals surface area contributed by atoms with Crippen molar-refractivity contribution in [1.82, 2.24) is 9.97 Å². The lowest BCUT2D eigenvalue weighted by atomic mass is 9.73. The number of anilines is 1. The maximum Gasteiger partial charge on any atom is 0.274 e. The van der Waals surface area contributed by atoms with Crippen LogP contribution in [0, 0.1) is 34.7 Å². The van der Waals surface area contributed by atoms with Gasteiger partial charge >= 0.3 is 0 Å². The third-order valence-electron chi connectivity index (χ3n) is 6.04. The summed E-state index contributed by atoms with van der Waals surface area (Å²) in [6.45, 7) is 2.15. The van der Waals surface area contributed by atoms with Crippen molar-refractivity contribution < 1.29 is 18.0 Å². The Kier molecular flexibility index (Phi) is 6.53. The molecule has 3 unspecified atom stereocenters. The molecule has 2 heterocycles. The highest BCUT2D eigenvalue weighted by molar-refractivity contribution is 6.03. The largest absolute Gasteiger partial charge is 0.319 e. The molecule has 5 nitrogen and oxygen atoms in total. The van der Waals surface area contributed by atoms with Crippen molar-refractivity contribution in [2.75, 3.05) is 5.32 Å². The molecular formula is C25H23F3N4O. The van der Waals surface area contributed by atoms with Gasteiger partial charge in [-0.15, -0.1) is 0 Å². The van der Waals surface area contributed by atoms with Crippen LogP contribution in [0.1, 0.15) is 48.2 Å². The molecule has 0 saturated heterocycles. The van der Waals surface area contributed by atoms with Gasteiger partial charge in [0.1, 0.15) is 28.8 Å². The molecule has 1 aromatic carbocycles. The lowest BCUT2D eigenvalue weighted by molar-refractivity contribution is 0.102. The second-order valence-corrected chi connectivity index (χ2v) is 8.48. The summed E-state index contributed by atoms with van der Waals surface area (Å²) in [6, 6.07) is 7.14. The quantitative estimate of drug-likeness (QED) is 0.467. The van der Waals surface area contributed by atoms with Crippen LogP contribution >= 0.6 is 0 Å². The van der Waals surface area contributed by atoms with E-state index < -0.39 is 34.6 Å². The molecule has 4 rings (SSSR count). The van der Waals surface area contributed by atoms with Crippen molar-refractivity contribution in [2.24, 2.45) is 11.8 Å². The van der Waals surface area contributed by atoms with Crippen molar-refractivity contribution >= 4 is 17.8 Å². The van der Waals surface area contributed by atoms with Crippen molar-refractivity contribution in [1.29, 1.82) is 5.41 Å². The number of rotatable bonds is 5. The number of nitrogens with zero attached hydrogens (tertiary/aromatic N) is 2. The minimum atomic E-state index is -0.972. The second-order valence-electron chi connectivity index (χ2n) is 8.48. The average Bonchev–Trinajstić information content (AvgIpc) is 2.80. The van der Waals surface area contributed by atoms with E-state index in [-0.39, 0.29) is 17.5 Å². The SMILES string of the molecule is CC1CC(C=N)CC(c2ccncc2NC(=O)c2ccc(F)c(-c3c(F)cccc3F)n2)C1. The Hall–Kier alpha value is -3.55. The van der Waals surface area contributed by atoms with E-state index in [2.05, 4.69) is 22.2 Å². The molecule has 1 saturated carbocycles. The standard InChI is InChI=1S/C25H23F3N4O/c1-14-9-15(12-29)11-16(10-14)17-7-8-30-13-22(17)32-25(33)21-6-5-20(28)24(31-21)23-18(26)3-2-4-19(23)27/h2-8,12-16,29H,9-11H2,1H3,(H,32,33). The van der Waals surface area contributed by atoms with Crippen LogP contribution in [-0.4, -0.2) is 22.1 Å². The van der Waals surface area contributed by atoms with Gasteiger partial charge in [-0.2, -0.15) is 0 Å². The van der Waals surface area contributed by atoms with E-state index in [4.69, 9.17) is 5.41 Å². The minimum Gasteiger partial charge on any atom is -0.319 e. The molecular weight excluding hydrogens is 429 g/mol. The molecule has 33 heavy (non-hydrogen) atoms. The Morgan fingerprint density at radius 3 is 2.55 bits per heavy atom. The topological polar surface area (TPSA) is 78.7 Å². The number of carbonyl (C=O) groups is 1. The smallest absolute Gasteiger partial charge is 0.274 e. The van der Waals surface area contributed by atoms with E-state index in [0.717, 1.165) is 49.1 Å². The summed E-state index contributed by atoms with van der Waals surface area (Å²) in [5, 5.41) is 10.4. The third kappa shape index (κ3) is 4.79. The van der Waals surface area contributed by atoms with Crippen LogP contribution in [0.15, 0.2) is 48.8 Å². The number of halogens is 3. The lowest BCUT2D eigenvalue weighted by Gasteiger charge is -2.32. The summed E-state index contributed by atoms with van der Waals surface area (Å²) < 4.78 is 42.7. The molecule has 1 aliphatic rings. The average molecular weight is 452 g/mol. The summed E-state index contributed by atoms with van der Waals surface area (Å²) in [7, 11) is 0. The zero-order valence-electron chi connectivity index (χ0n) is 18.0. The number of pyridine rings is 2. The van der Waals surface area contributed by atoms with Gasteiger partial charge in [0.05, 0.1) is 17.4 Å². The molecule has 3 atom stereocenters. The Bertz CT molecular complexity index is 1180. The Labute approximate surface area is 189 Å². The molecule has 1 fully saturated rings. The maximum absolute atomic E-state index is 14.4. The Balaban J connectivity index is 1.63. The van der Waals surface area contributed by atoms with Gasteiger partial charge in [-0.1, -0.05) is 13.0 Å². The molecule has 2 aromatic heterocycles. The van der Waals surface area contributed by atoms with Crippen molar-refractivity contribution in [3.63, 3.8) is 0 Å². The molecule has 1 amide bonds. The van der Waals surface area contributed by atoms with Crippen LogP contribution in [0.25, 0.3) is 11.3 Å². The molecule has 0 bridgehead atoms. The molecule has 0 aliphatic heterocycles. The Morgan fingerprint density at radius 1 is 1.06 bits per heavy atom. The fourth-order valence-electron chi connectivity index (χ4n) is 4.57. The molecule has 1 aliphatic carbocycles. The molecule has 0 spiro atoms. The van der Waals surface area contributed by atoms with Crippen LogP contribution in [0.3, 0.4) is 0 Å². The molecule has 8 heteroatoms. The number of aromatic nitrogens is 2. The van der Waals surface area contributed by atoms with E-state index >= 15 is 0 Å². The zero-order chi connectivity index (χ0) is 23.5. The third-order valence-corrected chi connectivity index (χ3v) is 6.04. The summed E-state index contributed by atoms with van der Waals surface area (Å²) in [5.41, 5.74) is 0.0210. The first kappa shape index (κ1) is 22.6.